The number of nitrogens with one attached hydrogen (secondary N) is 1. The summed E-state index contributed by atoms with van der Waals surface area (Å²) >= 11 is 0. The number of rotatable bonds is 3. The van der Waals surface area contributed by atoms with Gasteiger partial charge in [0.15, 0.2) is 0 Å². The van der Waals surface area contributed by atoms with E-state index in [1.165, 1.54) is 0 Å². The van der Waals surface area contributed by atoms with Crippen LogP contribution in [0.15, 0.2) is 24.3 Å². The van der Waals surface area contributed by atoms with Crippen molar-refractivity contribution in [2.75, 3.05) is 25.5 Å². The van der Waals surface area contributed by atoms with E-state index in [-0.39, 0.29) is 5.91 Å². The lowest BCUT2D eigenvalue weighted by Crippen LogP contribution is -2.44. The van der Waals surface area contributed by atoms with Crippen LogP contribution >= 0.6 is 0 Å². The fraction of sp³-hybridized carbons (Fsp3) is 0.500. The minimum Gasteiger partial charge on any atom is -0.497 e. The summed E-state index contributed by atoms with van der Waals surface area (Å²) in [6.07, 6.45) is 2.17. The van der Waals surface area contributed by atoms with Crippen LogP contribution in [0, 0.1) is 0 Å². The molecule has 4 nitrogen and oxygen atoms in total. The van der Waals surface area contributed by atoms with Gasteiger partial charge in [-0.15, -0.1) is 0 Å². The Hall–Kier alpha value is -1.71. The molecule has 1 unspecified atom stereocenters. The number of carbonyl (C=O) groups is 1. The molecule has 98 valence electrons. The van der Waals surface area contributed by atoms with Crippen molar-refractivity contribution >= 4 is 11.6 Å². The van der Waals surface area contributed by atoms with Gasteiger partial charge in [0.05, 0.1) is 7.11 Å². The number of hydrogen-bond acceptors (Lipinski definition) is 3. The second kappa shape index (κ2) is 5.76. The first-order valence-electron chi connectivity index (χ1n) is 6.35. The highest BCUT2D eigenvalue weighted by atomic mass is 16.5. The molecule has 0 radical (unpaired) electrons. The molecular formula is C14H20N2O2. The summed E-state index contributed by atoms with van der Waals surface area (Å²) in [5.41, 5.74) is 1.08. The van der Waals surface area contributed by atoms with Crippen LogP contribution in [-0.4, -0.2) is 37.0 Å². The number of benzene rings is 1. The zero-order valence-corrected chi connectivity index (χ0v) is 11.0. The van der Waals surface area contributed by atoms with Crippen molar-refractivity contribution in [2.24, 2.45) is 0 Å². The molecule has 2 rings (SSSR count). The Kier molecular flexibility index (Phi) is 4.07. The number of carbonyl (C=O) groups excluding carboxylic acids is 1. The molecule has 1 heterocycles. The second-order valence-electron chi connectivity index (χ2n) is 4.68. The van der Waals surface area contributed by atoms with Gasteiger partial charge in [-0.3, -0.25) is 4.79 Å². The van der Waals surface area contributed by atoms with Gasteiger partial charge in [0.25, 0.3) is 0 Å². The van der Waals surface area contributed by atoms with Gasteiger partial charge in [-0.25, -0.2) is 0 Å². The van der Waals surface area contributed by atoms with E-state index in [4.69, 9.17) is 4.74 Å². The Morgan fingerprint density at radius 3 is 2.72 bits per heavy atom. The van der Waals surface area contributed by atoms with Gasteiger partial charge in [-0.2, -0.15) is 0 Å². The molecule has 1 aliphatic rings. The number of ether oxygens (including phenoxy) is 1. The summed E-state index contributed by atoms with van der Waals surface area (Å²) in [6.45, 7) is 3.31. The highest BCUT2D eigenvalue weighted by Crippen LogP contribution is 2.19. The van der Waals surface area contributed by atoms with Crippen LogP contribution in [0.1, 0.15) is 19.8 Å². The number of hydrogen-bond donors (Lipinski definition) is 1. The maximum atomic E-state index is 11.4. The maximum Gasteiger partial charge on any atom is 0.219 e. The van der Waals surface area contributed by atoms with Crippen molar-refractivity contribution in [1.29, 1.82) is 0 Å². The third-order valence-electron chi connectivity index (χ3n) is 3.33. The van der Waals surface area contributed by atoms with Crippen molar-refractivity contribution in [3.63, 3.8) is 0 Å². The van der Waals surface area contributed by atoms with Crippen LogP contribution in [0.4, 0.5) is 5.69 Å². The monoisotopic (exact) mass is 248 g/mol. The van der Waals surface area contributed by atoms with Crippen molar-refractivity contribution < 1.29 is 9.53 Å². The Morgan fingerprint density at radius 2 is 2.11 bits per heavy atom. The molecule has 1 saturated heterocycles. The van der Waals surface area contributed by atoms with Crippen LogP contribution in [-0.2, 0) is 4.79 Å². The van der Waals surface area contributed by atoms with E-state index in [9.17, 15) is 4.79 Å². The maximum absolute atomic E-state index is 11.4. The summed E-state index contributed by atoms with van der Waals surface area (Å²) in [5, 5.41) is 3.47. The van der Waals surface area contributed by atoms with Crippen molar-refractivity contribution in [3.05, 3.63) is 24.3 Å². The van der Waals surface area contributed by atoms with E-state index >= 15 is 0 Å². The van der Waals surface area contributed by atoms with E-state index in [1.807, 2.05) is 29.2 Å². The number of likely N-dealkylation sites (tertiary alicyclic amines) is 1. The lowest BCUT2D eigenvalue weighted by Gasteiger charge is -2.33. The fourth-order valence-corrected chi connectivity index (χ4v) is 2.30. The van der Waals surface area contributed by atoms with Gasteiger partial charge < -0.3 is 15.0 Å². The Labute approximate surface area is 108 Å². The van der Waals surface area contributed by atoms with Gasteiger partial charge in [0.1, 0.15) is 5.75 Å². The average Bonchev–Trinajstić information content (AvgIpc) is 2.40. The molecule has 0 aliphatic carbocycles. The Balaban J connectivity index is 1.93. The lowest BCUT2D eigenvalue weighted by atomic mass is 10.1. The third-order valence-corrected chi connectivity index (χ3v) is 3.33. The van der Waals surface area contributed by atoms with Crippen LogP contribution in [0.5, 0.6) is 5.75 Å². The number of amides is 1. The first kappa shape index (κ1) is 12.7. The predicted molar refractivity (Wildman–Crippen MR) is 71.9 cm³/mol. The van der Waals surface area contributed by atoms with Crippen LogP contribution < -0.4 is 10.1 Å². The zero-order chi connectivity index (χ0) is 13.0. The topological polar surface area (TPSA) is 41.6 Å². The summed E-state index contributed by atoms with van der Waals surface area (Å²) in [6, 6.07) is 8.23. The van der Waals surface area contributed by atoms with E-state index in [0.29, 0.717) is 6.04 Å². The smallest absolute Gasteiger partial charge is 0.219 e. The van der Waals surface area contributed by atoms with E-state index in [1.54, 1.807) is 14.0 Å². The van der Waals surface area contributed by atoms with E-state index in [2.05, 4.69) is 5.32 Å². The van der Waals surface area contributed by atoms with Gasteiger partial charge >= 0.3 is 0 Å². The molecule has 1 fully saturated rings. The molecule has 1 N–H and O–H groups in total. The van der Waals surface area contributed by atoms with Crippen molar-refractivity contribution in [1.82, 2.24) is 4.90 Å². The van der Waals surface area contributed by atoms with Crippen LogP contribution in [0.25, 0.3) is 0 Å². The molecule has 1 aliphatic heterocycles. The highest BCUT2D eigenvalue weighted by Gasteiger charge is 2.21. The van der Waals surface area contributed by atoms with Crippen molar-refractivity contribution in [3.8, 4) is 5.75 Å². The number of methoxy groups -OCH3 is 1. The van der Waals surface area contributed by atoms with Crippen molar-refractivity contribution in [2.45, 2.75) is 25.8 Å². The first-order valence-corrected chi connectivity index (χ1v) is 6.35. The zero-order valence-electron chi connectivity index (χ0n) is 11.0. The van der Waals surface area contributed by atoms with Gasteiger partial charge in [-0.05, 0) is 37.1 Å². The van der Waals surface area contributed by atoms with Gasteiger partial charge in [0, 0.05) is 31.7 Å². The van der Waals surface area contributed by atoms with Gasteiger partial charge in [0.2, 0.25) is 5.91 Å². The first-order chi connectivity index (χ1) is 8.69. The molecule has 1 aromatic rings. The molecule has 4 heteroatoms. The summed E-state index contributed by atoms with van der Waals surface area (Å²) < 4.78 is 5.13. The van der Waals surface area contributed by atoms with Gasteiger partial charge in [-0.1, -0.05) is 0 Å². The minimum atomic E-state index is 0.163. The quantitative estimate of drug-likeness (QED) is 0.891. The number of piperidine rings is 1. The summed E-state index contributed by atoms with van der Waals surface area (Å²) in [4.78, 5) is 13.3. The van der Waals surface area contributed by atoms with Crippen LogP contribution in [0.2, 0.25) is 0 Å². The lowest BCUT2D eigenvalue weighted by molar-refractivity contribution is -0.129. The molecule has 0 saturated carbocycles. The second-order valence-corrected chi connectivity index (χ2v) is 4.68. The molecule has 0 spiro atoms. The summed E-state index contributed by atoms with van der Waals surface area (Å²) in [7, 11) is 1.66. The highest BCUT2D eigenvalue weighted by molar-refractivity contribution is 5.73. The molecular weight excluding hydrogens is 228 g/mol. The third kappa shape index (κ3) is 3.15. The standard InChI is InChI=1S/C14H20N2O2/c1-11(17)16-9-3-4-13(10-16)15-12-5-7-14(18-2)8-6-12/h5-8,13,15H,3-4,9-10H2,1-2H3. The Morgan fingerprint density at radius 1 is 1.39 bits per heavy atom. The normalized spacial score (nSPS) is 19.4. The van der Waals surface area contributed by atoms with E-state index in [0.717, 1.165) is 37.4 Å². The predicted octanol–water partition coefficient (Wildman–Crippen LogP) is 2.12. The molecule has 1 aromatic carbocycles. The molecule has 1 atom stereocenters. The Bertz CT molecular complexity index is 403. The molecule has 18 heavy (non-hydrogen) atoms. The number of anilines is 1. The van der Waals surface area contributed by atoms with Crippen LogP contribution in [0.3, 0.4) is 0 Å². The fourth-order valence-electron chi connectivity index (χ4n) is 2.30. The average molecular weight is 248 g/mol. The molecule has 0 aromatic heterocycles. The number of nitrogens with zero attached hydrogens (tertiary/aromatic N) is 1. The molecule has 0 bridgehead atoms. The van der Waals surface area contributed by atoms with E-state index < -0.39 is 0 Å². The molecule has 1 amide bonds. The SMILES string of the molecule is COc1ccc(NC2CCCN(C(C)=O)C2)cc1. The minimum absolute atomic E-state index is 0.163. The largest absolute Gasteiger partial charge is 0.497 e. The summed E-state index contributed by atoms with van der Waals surface area (Å²) in [5.74, 6) is 1.02.